The molecule has 0 radical (unpaired) electrons. The van der Waals surface area contributed by atoms with Gasteiger partial charge in [0.15, 0.2) is 11.7 Å². The summed E-state index contributed by atoms with van der Waals surface area (Å²) in [5.74, 6) is 0.158. The molecule has 0 aliphatic rings. The molecule has 2 heterocycles. The van der Waals surface area contributed by atoms with E-state index in [1.165, 1.54) is 23.6 Å². The van der Waals surface area contributed by atoms with Crippen molar-refractivity contribution in [3.05, 3.63) is 48.2 Å². The summed E-state index contributed by atoms with van der Waals surface area (Å²) in [4.78, 5) is 9.72. The van der Waals surface area contributed by atoms with Crippen molar-refractivity contribution in [3.63, 3.8) is 0 Å². The molecule has 0 fully saturated rings. The maximum Gasteiger partial charge on any atom is 0.422 e. The Bertz CT molecular complexity index is 894. The molecule has 0 unspecified atom stereocenters. The zero-order chi connectivity index (χ0) is 18.7. The summed E-state index contributed by atoms with van der Waals surface area (Å²) in [5.41, 5.74) is 2.73. The average Bonchev–Trinajstić information content (AvgIpc) is 3.05. The van der Waals surface area contributed by atoms with Crippen LogP contribution in [-0.4, -0.2) is 29.8 Å². The van der Waals surface area contributed by atoms with E-state index >= 15 is 0 Å². The maximum atomic E-state index is 12.5. The summed E-state index contributed by atoms with van der Waals surface area (Å²) in [6.07, 6.45) is -2.95. The van der Waals surface area contributed by atoms with E-state index < -0.39 is 12.8 Å². The Labute approximate surface area is 152 Å². The van der Waals surface area contributed by atoms with Crippen molar-refractivity contribution in [2.24, 2.45) is 0 Å². The fourth-order valence-corrected chi connectivity index (χ4v) is 3.44. The molecular weight excluding hydrogens is 363 g/mol. The second kappa shape index (κ2) is 7.33. The molecule has 1 N–H and O–H groups in total. The Morgan fingerprint density at radius 2 is 1.85 bits per heavy atom. The number of rotatable bonds is 5. The molecule has 0 saturated heterocycles. The number of anilines is 1. The lowest BCUT2D eigenvalue weighted by Gasteiger charge is -2.13. The Balaban J connectivity index is 2.06. The van der Waals surface area contributed by atoms with E-state index in [1.807, 2.05) is 30.3 Å². The monoisotopic (exact) mass is 379 g/mol. The number of thiazole rings is 1. The lowest BCUT2D eigenvalue weighted by molar-refractivity contribution is -0.153. The highest BCUT2D eigenvalue weighted by Gasteiger charge is 2.29. The topological polar surface area (TPSA) is 47.0 Å². The van der Waals surface area contributed by atoms with Gasteiger partial charge in [-0.1, -0.05) is 41.7 Å². The fourth-order valence-electron chi connectivity index (χ4n) is 2.44. The van der Waals surface area contributed by atoms with Gasteiger partial charge in [0.25, 0.3) is 0 Å². The molecule has 8 heteroatoms. The van der Waals surface area contributed by atoms with Crippen molar-refractivity contribution in [2.75, 3.05) is 19.0 Å². The number of nitrogens with one attached hydrogen (secondary N) is 1. The first-order chi connectivity index (χ1) is 12.4. The van der Waals surface area contributed by atoms with Crippen molar-refractivity contribution in [1.82, 2.24) is 9.97 Å². The third-order valence-corrected chi connectivity index (χ3v) is 4.73. The summed E-state index contributed by atoms with van der Waals surface area (Å²) >= 11 is 1.39. The number of alkyl halides is 3. The SMILES string of the molecule is CNc1nc(-c2ccccc2)c(-c2nccc(OCC(F)(F)F)c2C)s1. The van der Waals surface area contributed by atoms with Gasteiger partial charge >= 0.3 is 6.18 Å². The first-order valence-corrected chi connectivity index (χ1v) is 8.60. The number of pyridine rings is 1. The fraction of sp³-hybridized carbons (Fsp3) is 0.222. The highest BCUT2D eigenvalue weighted by atomic mass is 32.1. The average molecular weight is 379 g/mol. The third kappa shape index (κ3) is 3.96. The van der Waals surface area contributed by atoms with E-state index in [2.05, 4.69) is 15.3 Å². The van der Waals surface area contributed by atoms with Crippen molar-refractivity contribution < 1.29 is 17.9 Å². The number of nitrogens with zero attached hydrogens (tertiary/aromatic N) is 2. The highest BCUT2D eigenvalue weighted by Crippen LogP contribution is 2.41. The molecule has 26 heavy (non-hydrogen) atoms. The molecule has 0 atom stereocenters. The van der Waals surface area contributed by atoms with Gasteiger partial charge in [-0.15, -0.1) is 0 Å². The van der Waals surface area contributed by atoms with Crippen LogP contribution in [0.25, 0.3) is 21.8 Å². The number of benzene rings is 1. The molecule has 136 valence electrons. The third-order valence-electron chi connectivity index (χ3n) is 3.65. The summed E-state index contributed by atoms with van der Waals surface area (Å²) in [5, 5.41) is 3.70. The summed E-state index contributed by atoms with van der Waals surface area (Å²) < 4.78 is 42.4. The van der Waals surface area contributed by atoms with Crippen LogP contribution < -0.4 is 10.1 Å². The Hall–Kier alpha value is -2.61. The van der Waals surface area contributed by atoms with Crippen molar-refractivity contribution in [3.8, 4) is 27.6 Å². The van der Waals surface area contributed by atoms with Crippen LogP contribution in [0.2, 0.25) is 0 Å². The van der Waals surface area contributed by atoms with Crippen molar-refractivity contribution in [2.45, 2.75) is 13.1 Å². The van der Waals surface area contributed by atoms with E-state index in [1.54, 1.807) is 14.0 Å². The zero-order valence-corrected chi connectivity index (χ0v) is 14.9. The molecule has 0 aliphatic carbocycles. The number of aromatic nitrogens is 2. The highest BCUT2D eigenvalue weighted by molar-refractivity contribution is 7.19. The van der Waals surface area contributed by atoms with E-state index in [9.17, 15) is 13.2 Å². The first-order valence-electron chi connectivity index (χ1n) is 7.78. The Morgan fingerprint density at radius 1 is 1.12 bits per heavy atom. The lowest BCUT2D eigenvalue weighted by atomic mass is 10.1. The van der Waals surface area contributed by atoms with Crippen LogP contribution in [0.1, 0.15) is 5.56 Å². The largest absolute Gasteiger partial charge is 0.484 e. The van der Waals surface area contributed by atoms with Crippen molar-refractivity contribution >= 4 is 16.5 Å². The summed E-state index contributed by atoms with van der Waals surface area (Å²) in [7, 11) is 1.76. The van der Waals surface area contributed by atoms with Gasteiger partial charge in [-0.2, -0.15) is 13.2 Å². The van der Waals surface area contributed by atoms with Crippen LogP contribution in [0.4, 0.5) is 18.3 Å². The van der Waals surface area contributed by atoms with Gasteiger partial charge in [0, 0.05) is 24.4 Å². The molecule has 2 aromatic heterocycles. The van der Waals surface area contributed by atoms with Gasteiger partial charge in [-0.25, -0.2) is 4.98 Å². The molecule has 0 bridgehead atoms. The van der Waals surface area contributed by atoms with Crippen LogP contribution in [0.5, 0.6) is 5.75 Å². The van der Waals surface area contributed by atoms with E-state index in [0.29, 0.717) is 16.4 Å². The molecule has 3 aromatic rings. The Morgan fingerprint density at radius 3 is 2.50 bits per heavy atom. The molecule has 4 nitrogen and oxygen atoms in total. The van der Waals surface area contributed by atoms with Gasteiger partial charge in [-0.3, -0.25) is 4.98 Å². The molecule has 0 amide bonds. The number of hydrogen-bond donors (Lipinski definition) is 1. The maximum absolute atomic E-state index is 12.5. The van der Waals surface area contributed by atoms with E-state index in [0.717, 1.165) is 16.1 Å². The zero-order valence-electron chi connectivity index (χ0n) is 14.1. The number of hydrogen-bond acceptors (Lipinski definition) is 5. The van der Waals surface area contributed by atoms with Gasteiger partial charge in [0.1, 0.15) is 5.75 Å². The standard InChI is InChI=1S/C18H16F3N3OS/c1-11-13(25-10-18(19,20)21)8-9-23-14(11)16-15(24-17(22-2)26-16)12-6-4-3-5-7-12/h3-9H,10H2,1-2H3,(H,22,24). The molecule has 0 saturated carbocycles. The predicted molar refractivity (Wildman–Crippen MR) is 96.6 cm³/mol. The van der Waals surface area contributed by atoms with Gasteiger partial charge < -0.3 is 10.1 Å². The molecule has 0 spiro atoms. The molecule has 0 aliphatic heterocycles. The molecular formula is C18H16F3N3OS. The quantitative estimate of drug-likeness (QED) is 0.665. The van der Waals surface area contributed by atoms with Crippen LogP contribution in [-0.2, 0) is 0 Å². The predicted octanol–water partition coefficient (Wildman–Crippen LogP) is 5.16. The second-order valence-corrected chi connectivity index (χ2v) is 6.50. The Kier molecular flexibility index (Phi) is 5.13. The minimum Gasteiger partial charge on any atom is -0.484 e. The normalized spacial score (nSPS) is 11.4. The van der Waals surface area contributed by atoms with Gasteiger partial charge in [0.2, 0.25) is 0 Å². The number of ether oxygens (including phenoxy) is 1. The minimum atomic E-state index is -4.39. The van der Waals surface area contributed by atoms with E-state index in [-0.39, 0.29) is 5.75 Å². The number of halogens is 3. The second-order valence-electron chi connectivity index (χ2n) is 5.50. The summed E-state index contributed by atoms with van der Waals surface area (Å²) in [6, 6.07) is 11.0. The summed E-state index contributed by atoms with van der Waals surface area (Å²) in [6.45, 7) is 0.356. The van der Waals surface area contributed by atoms with Crippen LogP contribution >= 0.6 is 11.3 Å². The van der Waals surface area contributed by atoms with Gasteiger partial charge in [0.05, 0.1) is 16.3 Å². The van der Waals surface area contributed by atoms with Crippen LogP contribution in [0, 0.1) is 6.92 Å². The minimum absolute atomic E-state index is 0.158. The van der Waals surface area contributed by atoms with Gasteiger partial charge in [-0.05, 0) is 13.0 Å². The van der Waals surface area contributed by atoms with E-state index in [4.69, 9.17) is 4.74 Å². The molecule has 3 rings (SSSR count). The van der Waals surface area contributed by atoms with Crippen LogP contribution in [0.3, 0.4) is 0 Å². The molecule has 1 aromatic carbocycles. The van der Waals surface area contributed by atoms with Crippen LogP contribution in [0.15, 0.2) is 42.6 Å². The first kappa shape index (κ1) is 18.2. The van der Waals surface area contributed by atoms with Crippen molar-refractivity contribution in [1.29, 1.82) is 0 Å². The smallest absolute Gasteiger partial charge is 0.422 e. The lowest BCUT2D eigenvalue weighted by Crippen LogP contribution is -2.19.